The minimum absolute atomic E-state index is 0.0184. The standard InChI is InChI=1S/C25H31FN6O3S/c1-15(2)36(4,35)19-7-5-18(10-19)13-28-24(34)22-11-21(31-25-29-14-30-32(22)25)23(33)27-12-17-6-8-20(26)16(3)9-17/h6,8-9,11,14-15,18-19H,4-5,7,10,12-13H2,1-3H3,(H,27,33)(H,28,34)/t18-,19?,36?/m0/s1. The van der Waals surface area contributed by atoms with Gasteiger partial charge in [-0.3, -0.25) is 13.8 Å². The molecule has 1 saturated carbocycles. The molecule has 1 aromatic carbocycles. The van der Waals surface area contributed by atoms with E-state index in [2.05, 4.69) is 31.6 Å². The highest BCUT2D eigenvalue weighted by Gasteiger charge is 2.32. The van der Waals surface area contributed by atoms with Crippen molar-refractivity contribution in [3.05, 3.63) is 58.9 Å². The number of halogens is 1. The number of fused-ring (bicyclic) bond motifs is 1. The molecule has 9 nitrogen and oxygen atoms in total. The molecule has 36 heavy (non-hydrogen) atoms. The van der Waals surface area contributed by atoms with Crippen LogP contribution >= 0.6 is 0 Å². The SMILES string of the molecule is C=S(=O)(C(C)C)C1CC[C@H](CNC(=O)c2cc(C(=O)NCc3ccc(F)c(C)c3)nc3ncnn23)C1. The Hall–Kier alpha value is -3.34. The monoisotopic (exact) mass is 514 g/mol. The lowest BCUT2D eigenvalue weighted by Gasteiger charge is -2.20. The largest absolute Gasteiger partial charge is 0.350 e. The van der Waals surface area contributed by atoms with Crippen molar-refractivity contribution in [1.82, 2.24) is 30.2 Å². The fourth-order valence-corrected chi connectivity index (χ4v) is 6.37. The van der Waals surface area contributed by atoms with Crippen LogP contribution in [0.5, 0.6) is 0 Å². The molecule has 4 rings (SSSR count). The van der Waals surface area contributed by atoms with Crippen LogP contribution < -0.4 is 10.6 Å². The van der Waals surface area contributed by atoms with E-state index in [4.69, 9.17) is 0 Å². The third-order valence-corrected chi connectivity index (χ3v) is 9.95. The Morgan fingerprint density at radius 1 is 1.22 bits per heavy atom. The molecule has 2 heterocycles. The van der Waals surface area contributed by atoms with E-state index in [1.165, 1.54) is 23.0 Å². The molecule has 2 aromatic heterocycles. The highest BCUT2D eigenvalue weighted by atomic mass is 32.2. The smallest absolute Gasteiger partial charge is 0.270 e. The Labute approximate surface area is 209 Å². The summed E-state index contributed by atoms with van der Waals surface area (Å²) >= 11 is 0. The van der Waals surface area contributed by atoms with E-state index < -0.39 is 21.3 Å². The van der Waals surface area contributed by atoms with Gasteiger partial charge in [0.2, 0.25) is 0 Å². The van der Waals surface area contributed by atoms with Crippen molar-refractivity contribution in [2.75, 3.05) is 6.54 Å². The molecule has 0 saturated heterocycles. The number of hydrogen-bond donors (Lipinski definition) is 2. The number of benzene rings is 1. The highest BCUT2D eigenvalue weighted by Crippen LogP contribution is 2.32. The summed E-state index contributed by atoms with van der Waals surface area (Å²) in [7, 11) is -2.17. The predicted octanol–water partition coefficient (Wildman–Crippen LogP) is 2.53. The topological polar surface area (TPSA) is 118 Å². The van der Waals surface area contributed by atoms with Gasteiger partial charge in [-0.1, -0.05) is 26.0 Å². The van der Waals surface area contributed by atoms with Gasteiger partial charge in [-0.05, 0) is 64.7 Å². The van der Waals surface area contributed by atoms with Gasteiger partial charge in [-0.25, -0.2) is 9.37 Å². The van der Waals surface area contributed by atoms with Crippen LogP contribution in [0.25, 0.3) is 5.78 Å². The maximum absolute atomic E-state index is 13.5. The average Bonchev–Trinajstić information content (AvgIpc) is 3.52. The Kier molecular flexibility index (Phi) is 7.39. The van der Waals surface area contributed by atoms with Crippen molar-refractivity contribution in [3.8, 4) is 0 Å². The molecule has 0 aliphatic heterocycles. The van der Waals surface area contributed by atoms with Crippen molar-refractivity contribution in [1.29, 1.82) is 0 Å². The van der Waals surface area contributed by atoms with Gasteiger partial charge in [-0.15, -0.1) is 0 Å². The summed E-state index contributed by atoms with van der Waals surface area (Å²) in [5.74, 6) is 3.11. The van der Waals surface area contributed by atoms with Gasteiger partial charge in [0.15, 0.2) is 0 Å². The van der Waals surface area contributed by atoms with E-state index in [0.717, 1.165) is 24.8 Å². The molecule has 3 atom stereocenters. The lowest BCUT2D eigenvalue weighted by molar-refractivity contribution is 0.0939. The molecule has 2 unspecified atom stereocenters. The van der Waals surface area contributed by atoms with E-state index in [1.54, 1.807) is 19.1 Å². The number of amides is 2. The van der Waals surface area contributed by atoms with Gasteiger partial charge in [0.25, 0.3) is 17.6 Å². The first kappa shape index (κ1) is 25.7. The average molecular weight is 515 g/mol. The number of rotatable bonds is 8. The van der Waals surface area contributed by atoms with Crippen LogP contribution in [0.3, 0.4) is 0 Å². The molecular formula is C25H31FN6O3S. The zero-order valence-electron chi connectivity index (χ0n) is 20.7. The number of nitrogens with zero attached hydrogens (tertiary/aromatic N) is 4. The van der Waals surface area contributed by atoms with Gasteiger partial charge in [0, 0.05) is 29.7 Å². The number of nitrogens with one attached hydrogen (secondary N) is 2. The number of hydrogen-bond acceptors (Lipinski definition) is 6. The third kappa shape index (κ3) is 5.40. The zero-order valence-corrected chi connectivity index (χ0v) is 21.5. The van der Waals surface area contributed by atoms with Crippen molar-refractivity contribution >= 4 is 33.0 Å². The summed E-state index contributed by atoms with van der Waals surface area (Å²) < 4.78 is 27.7. The molecule has 2 N–H and O–H groups in total. The maximum Gasteiger partial charge on any atom is 0.270 e. The summed E-state index contributed by atoms with van der Waals surface area (Å²) in [4.78, 5) is 34.1. The molecule has 2 amide bonds. The Morgan fingerprint density at radius 2 is 2.00 bits per heavy atom. The van der Waals surface area contributed by atoms with Crippen LogP contribution in [-0.2, 0) is 16.1 Å². The van der Waals surface area contributed by atoms with E-state index in [0.29, 0.717) is 12.1 Å². The fraction of sp³-hybridized carbons (Fsp3) is 0.440. The molecule has 1 fully saturated rings. The van der Waals surface area contributed by atoms with E-state index in [-0.39, 0.29) is 45.9 Å². The second-order valence-electron chi connectivity index (χ2n) is 9.60. The van der Waals surface area contributed by atoms with Crippen molar-refractivity contribution in [2.45, 2.75) is 57.1 Å². The quantitative estimate of drug-likeness (QED) is 0.446. The van der Waals surface area contributed by atoms with E-state index in [1.807, 2.05) is 13.8 Å². The van der Waals surface area contributed by atoms with Crippen molar-refractivity contribution in [3.63, 3.8) is 0 Å². The number of aromatic nitrogens is 4. The van der Waals surface area contributed by atoms with Crippen LogP contribution in [-0.4, -0.2) is 58.5 Å². The van der Waals surface area contributed by atoms with Crippen LogP contribution in [0.2, 0.25) is 0 Å². The second kappa shape index (κ2) is 10.3. The lowest BCUT2D eigenvalue weighted by atomic mass is 10.1. The zero-order chi connectivity index (χ0) is 26.0. The van der Waals surface area contributed by atoms with Gasteiger partial charge in [0.05, 0.1) is 0 Å². The normalized spacial score (nSPS) is 19.4. The fourth-order valence-electron chi connectivity index (χ4n) is 4.47. The first-order chi connectivity index (χ1) is 17.1. The van der Waals surface area contributed by atoms with Gasteiger partial charge in [0.1, 0.15) is 23.5 Å². The first-order valence-corrected chi connectivity index (χ1v) is 13.8. The van der Waals surface area contributed by atoms with Gasteiger partial charge in [-0.2, -0.15) is 14.6 Å². The number of aryl methyl sites for hydroxylation is 1. The third-order valence-electron chi connectivity index (χ3n) is 6.80. The summed E-state index contributed by atoms with van der Waals surface area (Å²) in [6.07, 6.45) is 3.73. The molecule has 0 bridgehead atoms. The minimum atomic E-state index is -2.17. The molecule has 1 aliphatic rings. The Bertz CT molecular complexity index is 1400. The van der Waals surface area contributed by atoms with Crippen molar-refractivity contribution in [2.24, 2.45) is 5.92 Å². The molecule has 11 heteroatoms. The maximum atomic E-state index is 13.5. The molecule has 0 spiro atoms. The van der Waals surface area contributed by atoms with Crippen LogP contribution in [0.15, 0.2) is 30.6 Å². The van der Waals surface area contributed by atoms with Gasteiger partial charge < -0.3 is 10.6 Å². The molecular weight excluding hydrogens is 483 g/mol. The summed E-state index contributed by atoms with van der Waals surface area (Å²) in [5.41, 5.74) is 1.38. The van der Waals surface area contributed by atoms with E-state index in [9.17, 15) is 18.2 Å². The Morgan fingerprint density at radius 3 is 2.72 bits per heavy atom. The molecule has 1 aliphatic carbocycles. The molecule has 3 aromatic rings. The van der Waals surface area contributed by atoms with Crippen molar-refractivity contribution < 1.29 is 18.2 Å². The second-order valence-corrected chi connectivity index (χ2v) is 12.8. The minimum Gasteiger partial charge on any atom is -0.350 e. The first-order valence-electron chi connectivity index (χ1n) is 11.9. The van der Waals surface area contributed by atoms with Crippen LogP contribution in [0.4, 0.5) is 4.39 Å². The Balaban J connectivity index is 1.43. The summed E-state index contributed by atoms with van der Waals surface area (Å²) in [6, 6.07) is 5.98. The number of carbonyl (C=O) groups is 2. The summed E-state index contributed by atoms with van der Waals surface area (Å²) in [5, 5.41) is 9.81. The molecule has 192 valence electrons. The highest BCUT2D eigenvalue weighted by molar-refractivity contribution is 8.01. The predicted molar refractivity (Wildman–Crippen MR) is 137 cm³/mol. The number of carbonyl (C=O) groups excluding carboxylic acids is 2. The van der Waals surface area contributed by atoms with Crippen LogP contribution in [0.1, 0.15) is 65.2 Å². The van der Waals surface area contributed by atoms with E-state index >= 15 is 0 Å². The molecule has 0 radical (unpaired) electrons. The van der Waals surface area contributed by atoms with Crippen LogP contribution in [0, 0.1) is 18.7 Å². The van der Waals surface area contributed by atoms with Gasteiger partial charge >= 0.3 is 0 Å². The lowest BCUT2D eigenvalue weighted by Crippen LogP contribution is -2.32. The summed E-state index contributed by atoms with van der Waals surface area (Å²) in [6.45, 7) is 6.12.